The molecule has 0 aliphatic rings. The van der Waals surface area contributed by atoms with Gasteiger partial charge in [0.15, 0.2) is 5.78 Å². The van der Waals surface area contributed by atoms with Gasteiger partial charge in [-0.1, -0.05) is 52.9 Å². The van der Waals surface area contributed by atoms with Gasteiger partial charge in [0.25, 0.3) is 0 Å². The molecule has 0 spiro atoms. The summed E-state index contributed by atoms with van der Waals surface area (Å²) in [6.45, 7) is 10.7. The van der Waals surface area contributed by atoms with Gasteiger partial charge >= 0.3 is 0 Å². The number of benzene rings is 1. The molecular weight excluding hydrogens is 366 g/mol. The van der Waals surface area contributed by atoms with Gasteiger partial charge in [0.1, 0.15) is 18.5 Å². The standard InChI is InChI=1S/C24H41NO4/c1-5-6-7-8-9-10-13-28-17-22-14-21(20(4)26)11-12-24(22)29-18-23(27)16-25-15-19(2)3/h11-12,14,19,23,25,27H,5-10,13,15-18H2,1-4H3. The predicted molar refractivity (Wildman–Crippen MR) is 119 cm³/mol. The molecular formula is C24H41NO4. The van der Waals surface area contributed by atoms with Gasteiger partial charge in [-0.25, -0.2) is 0 Å². The SMILES string of the molecule is CCCCCCCCOCc1cc(C(C)=O)ccc1OCC(O)CNCC(C)C. The highest BCUT2D eigenvalue weighted by atomic mass is 16.5. The van der Waals surface area contributed by atoms with E-state index in [1.807, 2.05) is 6.07 Å². The fraction of sp³-hybridized carbons (Fsp3) is 0.708. The molecule has 0 aromatic heterocycles. The molecule has 1 unspecified atom stereocenters. The van der Waals surface area contributed by atoms with Crippen molar-refractivity contribution in [3.05, 3.63) is 29.3 Å². The second kappa shape index (κ2) is 15.4. The third kappa shape index (κ3) is 12.0. The van der Waals surface area contributed by atoms with Crippen LogP contribution in [-0.2, 0) is 11.3 Å². The first-order valence-electron chi connectivity index (χ1n) is 11.2. The molecule has 1 aromatic rings. The Morgan fingerprint density at radius 1 is 1.10 bits per heavy atom. The lowest BCUT2D eigenvalue weighted by Crippen LogP contribution is -2.33. The molecule has 0 fully saturated rings. The number of carbonyl (C=O) groups excluding carboxylic acids is 1. The normalized spacial score (nSPS) is 12.3. The molecule has 1 rings (SSSR count). The van der Waals surface area contributed by atoms with Crippen molar-refractivity contribution >= 4 is 5.78 Å². The van der Waals surface area contributed by atoms with Crippen LogP contribution in [-0.4, -0.2) is 43.3 Å². The van der Waals surface area contributed by atoms with Gasteiger partial charge in [-0.3, -0.25) is 4.79 Å². The molecule has 0 saturated carbocycles. The number of rotatable bonds is 17. The number of hydrogen-bond donors (Lipinski definition) is 2. The number of aliphatic hydroxyl groups excluding tert-OH is 1. The first-order chi connectivity index (χ1) is 13.9. The van der Waals surface area contributed by atoms with Crippen LogP contribution in [0.15, 0.2) is 18.2 Å². The van der Waals surface area contributed by atoms with Crippen molar-refractivity contribution in [1.82, 2.24) is 5.32 Å². The summed E-state index contributed by atoms with van der Waals surface area (Å²) in [5, 5.41) is 13.3. The number of ether oxygens (including phenoxy) is 2. The summed E-state index contributed by atoms with van der Waals surface area (Å²) in [7, 11) is 0. The van der Waals surface area contributed by atoms with E-state index in [4.69, 9.17) is 9.47 Å². The van der Waals surface area contributed by atoms with Crippen LogP contribution < -0.4 is 10.1 Å². The first-order valence-corrected chi connectivity index (χ1v) is 11.2. The molecule has 29 heavy (non-hydrogen) atoms. The van der Waals surface area contributed by atoms with E-state index in [1.54, 1.807) is 19.1 Å². The molecule has 2 N–H and O–H groups in total. The Hall–Kier alpha value is -1.43. The molecule has 1 aromatic carbocycles. The molecule has 166 valence electrons. The summed E-state index contributed by atoms with van der Waals surface area (Å²) in [5.74, 6) is 1.23. The third-order valence-corrected chi connectivity index (χ3v) is 4.73. The minimum Gasteiger partial charge on any atom is -0.490 e. The van der Waals surface area contributed by atoms with Crippen LogP contribution in [0, 0.1) is 5.92 Å². The van der Waals surface area contributed by atoms with Gasteiger partial charge in [0.2, 0.25) is 0 Å². The fourth-order valence-corrected chi connectivity index (χ4v) is 3.00. The van der Waals surface area contributed by atoms with E-state index in [0.29, 0.717) is 37.0 Å². The second-order valence-electron chi connectivity index (χ2n) is 8.22. The summed E-state index contributed by atoms with van der Waals surface area (Å²) < 4.78 is 11.7. The quantitative estimate of drug-likeness (QED) is 0.288. The first kappa shape index (κ1) is 25.6. The zero-order chi connectivity index (χ0) is 21.5. The Balaban J connectivity index is 2.49. The van der Waals surface area contributed by atoms with Crippen molar-refractivity contribution in [3.63, 3.8) is 0 Å². The fourth-order valence-electron chi connectivity index (χ4n) is 3.00. The Morgan fingerprint density at radius 3 is 2.52 bits per heavy atom. The molecule has 1 atom stereocenters. The van der Waals surface area contributed by atoms with Crippen LogP contribution in [0.2, 0.25) is 0 Å². The summed E-state index contributed by atoms with van der Waals surface area (Å²) >= 11 is 0. The van der Waals surface area contributed by atoms with E-state index in [1.165, 1.54) is 32.1 Å². The molecule has 5 heteroatoms. The van der Waals surface area contributed by atoms with Gasteiger partial charge in [-0.15, -0.1) is 0 Å². The maximum absolute atomic E-state index is 11.7. The summed E-state index contributed by atoms with van der Waals surface area (Å²) in [6, 6.07) is 5.40. The molecule has 0 aliphatic carbocycles. The smallest absolute Gasteiger partial charge is 0.159 e. The van der Waals surface area contributed by atoms with Crippen molar-refractivity contribution in [2.24, 2.45) is 5.92 Å². The van der Waals surface area contributed by atoms with E-state index in [2.05, 4.69) is 26.1 Å². The highest BCUT2D eigenvalue weighted by Gasteiger charge is 2.11. The zero-order valence-corrected chi connectivity index (χ0v) is 18.8. The van der Waals surface area contributed by atoms with Crippen LogP contribution in [0.1, 0.15) is 82.1 Å². The average Bonchev–Trinajstić information content (AvgIpc) is 2.68. The molecule has 5 nitrogen and oxygen atoms in total. The second-order valence-corrected chi connectivity index (χ2v) is 8.22. The van der Waals surface area contributed by atoms with Crippen LogP contribution >= 0.6 is 0 Å². The molecule has 0 amide bonds. The summed E-state index contributed by atoms with van der Waals surface area (Å²) in [6.07, 6.45) is 6.77. The maximum atomic E-state index is 11.7. The van der Waals surface area contributed by atoms with E-state index in [0.717, 1.165) is 18.5 Å². The number of carbonyl (C=O) groups is 1. The number of Topliss-reactive ketones (excluding diaryl/α,β-unsaturated/α-hetero) is 1. The molecule has 0 aliphatic heterocycles. The molecule has 0 heterocycles. The Kier molecular flexibility index (Phi) is 13.6. The minimum absolute atomic E-state index is 0.0200. The maximum Gasteiger partial charge on any atom is 0.159 e. The van der Waals surface area contributed by atoms with Gasteiger partial charge in [-0.2, -0.15) is 0 Å². The summed E-state index contributed by atoms with van der Waals surface area (Å²) in [5.41, 5.74) is 1.50. The lowest BCUT2D eigenvalue weighted by atomic mass is 10.1. The third-order valence-electron chi connectivity index (χ3n) is 4.73. The monoisotopic (exact) mass is 407 g/mol. The van der Waals surface area contributed by atoms with Crippen molar-refractivity contribution in [1.29, 1.82) is 0 Å². The van der Waals surface area contributed by atoms with Gasteiger partial charge in [0.05, 0.1) is 6.61 Å². The Morgan fingerprint density at radius 2 is 1.83 bits per heavy atom. The van der Waals surface area contributed by atoms with Crippen LogP contribution in [0.25, 0.3) is 0 Å². The van der Waals surface area contributed by atoms with Gasteiger partial charge in [-0.05, 0) is 44.0 Å². The lowest BCUT2D eigenvalue weighted by Gasteiger charge is -2.17. The van der Waals surface area contributed by atoms with E-state index >= 15 is 0 Å². The summed E-state index contributed by atoms with van der Waals surface area (Å²) in [4.78, 5) is 11.7. The Labute approximate surface area is 177 Å². The number of aliphatic hydroxyl groups is 1. The van der Waals surface area contributed by atoms with Crippen LogP contribution in [0.3, 0.4) is 0 Å². The average molecular weight is 408 g/mol. The number of hydrogen-bond acceptors (Lipinski definition) is 5. The van der Waals surface area contributed by atoms with Crippen molar-refractivity contribution in [2.75, 3.05) is 26.3 Å². The van der Waals surface area contributed by atoms with Crippen LogP contribution in [0.5, 0.6) is 5.75 Å². The van der Waals surface area contributed by atoms with Crippen molar-refractivity contribution in [3.8, 4) is 5.75 Å². The highest BCUT2D eigenvalue weighted by Crippen LogP contribution is 2.22. The molecule has 0 radical (unpaired) electrons. The molecule has 0 bridgehead atoms. The number of ketones is 1. The highest BCUT2D eigenvalue weighted by molar-refractivity contribution is 5.94. The minimum atomic E-state index is -0.585. The van der Waals surface area contributed by atoms with Crippen molar-refractivity contribution < 1.29 is 19.4 Å². The largest absolute Gasteiger partial charge is 0.490 e. The number of nitrogens with one attached hydrogen (secondary N) is 1. The lowest BCUT2D eigenvalue weighted by molar-refractivity contribution is 0.0960. The van der Waals surface area contributed by atoms with Gasteiger partial charge < -0.3 is 19.9 Å². The predicted octanol–water partition coefficient (Wildman–Crippen LogP) is 4.75. The Bertz CT molecular complexity index is 574. The molecule has 0 saturated heterocycles. The van der Waals surface area contributed by atoms with E-state index in [9.17, 15) is 9.90 Å². The zero-order valence-electron chi connectivity index (χ0n) is 18.8. The topological polar surface area (TPSA) is 67.8 Å². The van der Waals surface area contributed by atoms with E-state index in [-0.39, 0.29) is 12.4 Å². The number of unbranched alkanes of at least 4 members (excludes halogenated alkanes) is 5. The van der Waals surface area contributed by atoms with Crippen molar-refractivity contribution in [2.45, 2.75) is 78.9 Å². The van der Waals surface area contributed by atoms with E-state index < -0.39 is 6.10 Å². The van der Waals surface area contributed by atoms with Crippen LogP contribution in [0.4, 0.5) is 0 Å². The van der Waals surface area contributed by atoms with Gasteiger partial charge in [0, 0.05) is 24.3 Å².